The van der Waals surface area contributed by atoms with Crippen LogP contribution in [0.5, 0.6) is 5.75 Å². The van der Waals surface area contributed by atoms with E-state index in [1.54, 1.807) is 0 Å². The molecular weight excluding hydrogens is 399 g/mol. The van der Waals surface area contributed by atoms with Gasteiger partial charge >= 0.3 is 0 Å². The minimum absolute atomic E-state index is 0. The van der Waals surface area contributed by atoms with E-state index in [4.69, 9.17) is 4.74 Å². The number of likely N-dealkylation sites (tertiary alicyclic amines) is 1. The third-order valence-electron chi connectivity index (χ3n) is 4.69. The van der Waals surface area contributed by atoms with E-state index in [0.29, 0.717) is 13.2 Å². The van der Waals surface area contributed by atoms with E-state index in [2.05, 4.69) is 15.5 Å². The standard InChI is InChI=1S/C18H25F2N3O2.2ClH/c19-18(20)11-16(22-13-18)17(24)21-12-14-3-5-15(6-4-14)25-10-9-23-7-1-2-8-23;;/h3-6,16,22H,1-2,7-13H2,(H,21,24);2*1H. The molecule has 0 radical (unpaired) electrons. The number of carbonyl (C=O) groups is 1. The van der Waals surface area contributed by atoms with Crippen LogP contribution in [-0.2, 0) is 11.3 Å². The van der Waals surface area contributed by atoms with Crippen LogP contribution in [0.1, 0.15) is 24.8 Å². The summed E-state index contributed by atoms with van der Waals surface area (Å²) in [7, 11) is 0. The maximum absolute atomic E-state index is 13.1. The van der Waals surface area contributed by atoms with Crippen LogP contribution in [-0.4, -0.2) is 55.6 Å². The quantitative estimate of drug-likeness (QED) is 0.704. The zero-order valence-corrected chi connectivity index (χ0v) is 16.7. The van der Waals surface area contributed by atoms with Gasteiger partial charge < -0.3 is 10.1 Å². The van der Waals surface area contributed by atoms with Crippen molar-refractivity contribution in [2.45, 2.75) is 37.8 Å². The highest BCUT2D eigenvalue weighted by Gasteiger charge is 2.42. The largest absolute Gasteiger partial charge is 0.492 e. The number of benzene rings is 1. The van der Waals surface area contributed by atoms with E-state index in [1.165, 1.54) is 12.8 Å². The van der Waals surface area contributed by atoms with Gasteiger partial charge in [-0.15, -0.1) is 24.8 Å². The van der Waals surface area contributed by atoms with Crippen molar-refractivity contribution in [1.82, 2.24) is 15.5 Å². The second-order valence-electron chi connectivity index (χ2n) is 6.75. The van der Waals surface area contributed by atoms with E-state index < -0.39 is 24.9 Å². The van der Waals surface area contributed by atoms with Crippen LogP contribution in [0.2, 0.25) is 0 Å². The Morgan fingerprint density at radius 2 is 1.89 bits per heavy atom. The monoisotopic (exact) mass is 425 g/mol. The van der Waals surface area contributed by atoms with Gasteiger partial charge in [-0.1, -0.05) is 12.1 Å². The summed E-state index contributed by atoms with van der Waals surface area (Å²) in [6.45, 7) is 3.80. The van der Waals surface area contributed by atoms with Gasteiger partial charge in [-0.2, -0.15) is 0 Å². The summed E-state index contributed by atoms with van der Waals surface area (Å²) >= 11 is 0. The first-order chi connectivity index (χ1) is 12.0. The van der Waals surface area contributed by atoms with Crippen molar-refractivity contribution in [3.8, 4) is 5.75 Å². The van der Waals surface area contributed by atoms with Gasteiger partial charge in [0, 0.05) is 19.5 Å². The highest BCUT2D eigenvalue weighted by atomic mass is 35.5. The van der Waals surface area contributed by atoms with Crippen molar-refractivity contribution in [3.05, 3.63) is 29.8 Å². The predicted molar refractivity (Wildman–Crippen MR) is 105 cm³/mol. The molecule has 2 fully saturated rings. The molecule has 0 aromatic heterocycles. The number of alkyl halides is 2. The Morgan fingerprint density at radius 1 is 1.22 bits per heavy atom. The number of nitrogens with zero attached hydrogens (tertiary/aromatic N) is 1. The zero-order chi connectivity index (χ0) is 17.7. The molecule has 2 heterocycles. The topological polar surface area (TPSA) is 53.6 Å². The number of hydrogen-bond acceptors (Lipinski definition) is 4. The lowest BCUT2D eigenvalue weighted by molar-refractivity contribution is -0.123. The molecule has 0 bridgehead atoms. The van der Waals surface area contributed by atoms with Crippen LogP contribution < -0.4 is 15.4 Å². The molecule has 1 aromatic rings. The fraction of sp³-hybridized carbons (Fsp3) is 0.611. The highest BCUT2D eigenvalue weighted by Crippen LogP contribution is 2.25. The van der Waals surface area contributed by atoms with Crippen LogP contribution in [0.15, 0.2) is 24.3 Å². The van der Waals surface area contributed by atoms with Crippen LogP contribution in [0.4, 0.5) is 8.78 Å². The lowest BCUT2D eigenvalue weighted by atomic mass is 10.1. The zero-order valence-electron chi connectivity index (χ0n) is 15.1. The van der Waals surface area contributed by atoms with Crippen molar-refractivity contribution in [1.29, 1.82) is 0 Å². The number of rotatable bonds is 7. The Kier molecular flexibility index (Phi) is 9.73. The van der Waals surface area contributed by atoms with E-state index in [9.17, 15) is 13.6 Å². The number of nitrogens with one attached hydrogen (secondary N) is 2. The predicted octanol–water partition coefficient (Wildman–Crippen LogP) is 2.62. The van der Waals surface area contributed by atoms with Gasteiger partial charge in [0.1, 0.15) is 12.4 Å². The van der Waals surface area contributed by atoms with Gasteiger partial charge in [-0.05, 0) is 43.6 Å². The fourth-order valence-corrected chi connectivity index (χ4v) is 3.22. The SMILES string of the molecule is Cl.Cl.O=C(NCc1ccc(OCCN2CCCC2)cc1)C1CC(F)(F)CN1. The second-order valence-corrected chi connectivity index (χ2v) is 6.75. The van der Waals surface area contributed by atoms with Crippen LogP contribution >= 0.6 is 24.8 Å². The normalized spacial score (nSPS) is 21.2. The summed E-state index contributed by atoms with van der Waals surface area (Å²) in [5.41, 5.74) is 0.907. The Morgan fingerprint density at radius 3 is 2.48 bits per heavy atom. The third kappa shape index (κ3) is 7.41. The first-order valence-corrected chi connectivity index (χ1v) is 8.85. The van der Waals surface area contributed by atoms with Crippen molar-refractivity contribution >= 4 is 30.7 Å². The minimum Gasteiger partial charge on any atom is -0.492 e. The van der Waals surface area contributed by atoms with Crippen LogP contribution in [0, 0.1) is 0 Å². The first-order valence-electron chi connectivity index (χ1n) is 8.85. The summed E-state index contributed by atoms with van der Waals surface area (Å²) in [5.74, 6) is -2.38. The van der Waals surface area contributed by atoms with Gasteiger partial charge in [-0.3, -0.25) is 15.0 Å². The molecular formula is C18H27Cl2F2N3O2. The Balaban J connectivity index is 0.00000182. The average Bonchev–Trinajstić information content (AvgIpc) is 3.23. The molecule has 2 saturated heterocycles. The van der Waals surface area contributed by atoms with E-state index in [-0.39, 0.29) is 30.7 Å². The molecule has 2 aliphatic rings. The molecule has 0 saturated carbocycles. The van der Waals surface area contributed by atoms with Crippen molar-refractivity contribution in [3.63, 3.8) is 0 Å². The summed E-state index contributed by atoms with van der Waals surface area (Å²) in [6, 6.07) is 6.67. The Bertz CT molecular complexity index is 584. The molecule has 0 aliphatic carbocycles. The van der Waals surface area contributed by atoms with Gasteiger partial charge in [0.25, 0.3) is 5.92 Å². The molecule has 0 spiro atoms. The van der Waals surface area contributed by atoms with Crippen LogP contribution in [0.25, 0.3) is 0 Å². The first kappa shape index (κ1) is 23.9. The molecule has 3 rings (SSSR count). The summed E-state index contributed by atoms with van der Waals surface area (Å²) in [5, 5.41) is 5.25. The Labute approximate surface area is 171 Å². The maximum Gasteiger partial charge on any atom is 0.262 e. The summed E-state index contributed by atoms with van der Waals surface area (Å²) in [6.07, 6.45) is 2.10. The molecule has 9 heteroatoms. The lowest BCUT2D eigenvalue weighted by Gasteiger charge is -2.15. The van der Waals surface area contributed by atoms with Crippen molar-refractivity contribution in [2.75, 3.05) is 32.8 Å². The summed E-state index contributed by atoms with van der Waals surface area (Å²) in [4.78, 5) is 14.3. The fourth-order valence-electron chi connectivity index (χ4n) is 3.22. The molecule has 2 aliphatic heterocycles. The molecule has 1 unspecified atom stereocenters. The van der Waals surface area contributed by atoms with Gasteiger partial charge in [0.05, 0.1) is 12.6 Å². The highest BCUT2D eigenvalue weighted by molar-refractivity contribution is 5.85. The lowest BCUT2D eigenvalue weighted by Crippen LogP contribution is -2.40. The van der Waals surface area contributed by atoms with Crippen LogP contribution in [0.3, 0.4) is 0 Å². The van der Waals surface area contributed by atoms with E-state index >= 15 is 0 Å². The minimum atomic E-state index is -2.80. The molecule has 1 atom stereocenters. The van der Waals surface area contributed by atoms with Crippen molar-refractivity contribution < 1.29 is 18.3 Å². The smallest absolute Gasteiger partial charge is 0.262 e. The average molecular weight is 426 g/mol. The van der Waals surface area contributed by atoms with E-state index in [1.807, 2.05) is 24.3 Å². The third-order valence-corrected chi connectivity index (χ3v) is 4.69. The Hall–Kier alpha value is -1.15. The molecule has 27 heavy (non-hydrogen) atoms. The number of halogens is 4. The number of hydrogen-bond donors (Lipinski definition) is 2. The van der Waals surface area contributed by atoms with E-state index in [0.717, 1.165) is 30.9 Å². The second kappa shape index (κ2) is 11.0. The molecule has 2 N–H and O–H groups in total. The number of ether oxygens (including phenoxy) is 1. The molecule has 1 aromatic carbocycles. The molecule has 5 nitrogen and oxygen atoms in total. The van der Waals surface area contributed by atoms with Gasteiger partial charge in [-0.25, -0.2) is 8.78 Å². The van der Waals surface area contributed by atoms with Gasteiger partial charge in [0.15, 0.2) is 0 Å². The maximum atomic E-state index is 13.1. The summed E-state index contributed by atoms with van der Waals surface area (Å²) < 4.78 is 31.9. The van der Waals surface area contributed by atoms with Gasteiger partial charge in [0.2, 0.25) is 5.91 Å². The number of amides is 1. The van der Waals surface area contributed by atoms with Crippen molar-refractivity contribution in [2.24, 2.45) is 0 Å². The molecule has 154 valence electrons. The number of carbonyl (C=O) groups excluding carboxylic acids is 1. The molecule has 1 amide bonds.